The summed E-state index contributed by atoms with van der Waals surface area (Å²) in [5.41, 5.74) is 9.19. The Kier molecular flexibility index (Phi) is 5.33. The van der Waals surface area contributed by atoms with Gasteiger partial charge < -0.3 is 16.0 Å². The molecule has 3 rings (SSSR count). The first-order chi connectivity index (χ1) is 13.0. The Morgan fingerprint density at radius 1 is 1.21 bits per heavy atom. The van der Waals surface area contributed by atoms with Gasteiger partial charge in [0.2, 0.25) is 5.91 Å². The number of anilines is 3. The van der Waals surface area contributed by atoms with E-state index in [9.17, 15) is 9.18 Å². The molecule has 150 valence electrons. The highest BCUT2D eigenvalue weighted by atomic mass is 19.1. The number of amides is 1. The van der Waals surface area contributed by atoms with Gasteiger partial charge in [0, 0.05) is 19.5 Å². The van der Waals surface area contributed by atoms with E-state index in [1.54, 1.807) is 19.1 Å². The summed E-state index contributed by atoms with van der Waals surface area (Å²) in [6.45, 7) is 8.76. The van der Waals surface area contributed by atoms with Crippen LogP contribution in [0.4, 0.5) is 25.8 Å². The van der Waals surface area contributed by atoms with Crippen molar-refractivity contribution >= 4 is 23.0 Å². The van der Waals surface area contributed by atoms with Crippen molar-refractivity contribution in [2.45, 2.75) is 47.1 Å². The Morgan fingerprint density at radius 2 is 1.93 bits per heavy atom. The highest BCUT2D eigenvalue weighted by Crippen LogP contribution is 2.36. The summed E-state index contributed by atoms with van der Waals surface area (Å²) < 4.78 is 28.5. The van der Waals surface area contributed by atoms with Gasteiger partial charge in [-0.3, -0.25) is 4.79 Å². The first kappa shape index (κ1) is 20.1. The lowest BCUT2D eigenvalue weighted by Gasteiger charge is -2.32. The molecule has 0 radical (unpaired) electrons. The minimum Gasteiger partial charge on any atom is -0.395 e. The van der Waals surface area contributed by atoms with E-state index in [2.05, 4.69) is 5.32 Å². The maximum atomic E-state index is 15.1. The summed E-state index contributed by atoms with van der Waals surface area (Å²) in [5, 5.41) is 2.76. The van der Waals surface area contributed by atoms with Gasteiger partial charge in [-0.2, -0.15) is 0 Å². The minimum atomic E-state index is -0.540. The Labute approximate surface area is 164 Å². The number of nitrogens with zero attached hydrogens (tertiary/aromatic N) is 1. The Morgan fingerprint density at radius 3 is 2.61 bits per heavy atom. The highest BCUT2D eigenvalue weighted by molar-refractivity contribution is 5.96. The van der Waals surface area contributed by atoms with Gasteiger partial charge in [0.25, 0.3) is 0 Å². The number of rotatable bonds is 3. The smallest absolute Gasteiger partial charge is 0.224 e. The summed E-state index contributed by atoms with van der Waals surface area (Å²) in [6, 6.07) is 6.42. The fourth-order valence-corrected chi connectivity index (χ4v) is 3.59. The third-order valence-electron chi connectivity index (χ3n) is 4.95. The molecule has 0 unspecified atom stereocenters. The van der Waals surface area contributed by atoms with E-state index < -0.39 is 5.82 Å². The molecule has 0 saturated carbocycles. The topological polar surface area (TPSA) is 58.4 Å². The van der Waals surface area contributed by atoms with E-state index in [0.29, 0.717) is 42.9 Å². The highest BCUT2D eigenvalue weighted by Gasteiger charge is 2.24. The van der Waals surface area contributed by atoms with Crippen LogP contribution in [0.1, 0.15) is 43.9 Å². The van der Waals surface area contributed by atoms with Crippen LogP contribution in [0.2, 0.25) is 0 Å². The quantitative estimate of drug-likeness (QED) is 0.745. The van der Waals surface area contributed by atoms with Gasteiger partial charge in [0.05, 0.1) is 17.1 Å². The molecule has 4 nitrogen and oxygen atoms in total. The van der Waals surface area contributed by atoms with Crippen LogP contribution in [-0.4, -0.2) is 12.5 Å². The maximum Gasteiger partial charge on any atom is 0.224 e. The number of benzene rings is 2. The molecule has 0 fully saturated rings. The van der Waals surface area contributed by atoms with E-state index in [-0.39, 0.29) is 22.8 Å². The third-order valence-corrected chi connectivity index (χ3v) is 4.95. The Balaban J connectivity index is 1.86. The number of fused-ring (bicyclic) bond motifs is 1. The van der Waals surface area contributed by atoms with Crippen LogP contribution in [0.15, 0.2) is 24.3 Å². The summed E-state index contributed by atoms with van der Waals surface area (Å²) >= 11 is 0. The normalized spacial score (nSPS) is 14.0. The molecular weight excluding hydrogens is 360 g/mol. The monoisotopic (exact) mass is 387 g/mol. The molecule has 1 amide bonds. The zero-order valence-corrected chi connectivity index (χ0v) is 16.8. The first-order valence-corrected chi connectivity index (χ1v) is 9.46. The van der Waals surface area contributed by atoms with Crippen LogP contribution in [0, 0.1) is 24.0 Å². The van der Waals surface area contributed by atoms with Gasteiger partial charge in [0.1, 0.15) is 5.82 Å². The molecule has 0 aliphatic carbocycles. The van der Waals surface area contributed by atoms with Crippen LogP contribution in [-0.2, 0) is 17.8 Å². The van der Waals surface area contributed by atoms with Crippen molar-refractivity contribution in [3.8, 4) is 0 Å². The average Bonchev–Trinajstić information content (AvgIpc) is 2.60. The maximum absolute atomic E-state index is 15.1. The lowest BCUT2D eigenvalue weighted by Crippen LogP contribution is -2.31. The summed E-state index contributed by atoms with van der Waals surface area (Å²) in [6.07, 6.45) is 0.949. The second kappa shape index (κ2) is 7.41. The number of carbonyl (C=O) groups excluding carboxylic acids is 1. The van der Waals surface area contributed by atoms with E-state index in [1.807, 2.05) is 25.7 Å². The van der Waals surface area contributed by atoms with Crippen LogP contribution in [0.3, 0.4) is 0 Å². The predicted molar refractivity (Wildman–Crippen MR) is 109 cm³/mol. The van der Waals surface area contributed by atoms with Crippen molar-refractivity contribution in [3.05, 3.63) is 52.6 Å². The van der Waals surface area contributed by atoms with E-state index >= 15 is 4.39 Å². The van der Waals surface area contributed by atoms with Crippen LogP contribution in [0.25, 0.3) is 0 Å². The molecule has 0 atom stereocenters. The zero-order valence-electron chi connectivity index (χ0n) is 16.8. The number of aryl methyl sites for hydroxylation is 1. The summed E-state index contributed by atoms with van der Waals surface area (Å²) in [5.74, 6) is -0.987. The molecule has 1 aliphatic heterocycles. The van der Waals surface area contributed by atoms with Gasteiger partial charge in [-0.1, -0.05) is 26.8 Å². The molecule has 2 aromatic carbocycles. The van der Waals surface area contributed by atoms with E-state index in [4.69, 9.17) is 5.73 Å². The molecule has 3 N–H and O–H groups in total. The fraction of sp³-hybridized carbons (Fsp3) is 0.409. The second-order valence-corrected chi connectivity index (χ2v) is 8.69. The molecular formula is C22H27F2N3O. The van der Waals surface area contributed by atoms with Gasteiger partial charge in [-0.05, 0) is 53.6 Å². The first-order valence-electron chi connectivity index (χ1n) is 9.46. The van der Waals surface area contributed by atoms with Crippen molar-refractivity contribution in [1.29, 1.82) is 0 Å². The number of hydrogen-bond donors (Lipinski definition) is 2. The zero-order chi connectivity index (χ0) is 20.6. The van der Waals surface area contributed by atoms with Crippen molar-refractivity contribution in [1.82, 2.24) is 0 Å². The number of halogens is 2. The average molecular weight is 387 g/mol. The molecule has 0 aromatic heterocycles. The predicted octanol–water partition coefficient (Wildman–Crippen LogP) is 4.79. The van der Waals surface area contributed by atoms with Gasteiger partial charge >= 0.3 is 0 Å². The molecule has 2 aromatic rings. The van der Waals surface area contributed by atoms with Crippen molar-refractivity contribution in [3.63, 3.8) is 0 Å². The molecule has 1 aliphatic rings. The molecule has 0 saturated heterocycles. The Hall–Kier alpha value is -2.63. The standard InChI is InChI=1S/C22H27F2N3O/c1-13-9-17(27-8-7-14-10-16(23)6-5-15(14)12-27)19(24)20(25)21(13)26-18(28)11-22(2,3)4/h5-6,9-10H,7-8,11-12,25H2,1-4H3,(H,26,28). The summed E-state index contributed by atoms with van der Waals surface area (Å²) in [7, 11) is 0. The number of hydrogen-bond acceptors (Lipinski definition) is 3. The van der Waals surface area contributed by atoms with Gasteiger partial charge in [-0.25, -0.2) is 8.78 Å². The van der Waals surface area contributed by atoms with Crippen LogP contribution >= 0.6 is 0 Å². The summed E-state index contributed by atoms with van der Waals surface area (Å²) in [4.78, 5) is 14.2. The van der Waals surface area contributed by atoms with Crippen LogP contribution in [0.5, 0.6) is 0 Å². The third kappa shape index (κ3) is 4.26. The Bertz CT molecular complexity index is 919. The fourth-order valence-electron chi connectivity index (χ4n) is 3.59. The molecule has 0 bridgehead atoms. The number of carbonyl (C=O) groups is 1. The molecule has 1 heterocycles. The van der Waals surface area contributed by atoms with Crippen molar-refractivity contribution < 1.29 is 13.6 Å². The van der Waals surface area contributed by atoms with Crippen molar-refractivity contribution in [2.75, 3.05) is 22.5 Å². The lowest BCUT2D eigenvalue weighted by molar-refractivity contribution is -0.117. The lowest BCUT2D eigenvalue weighted by atomic mass is 9.92. The van der Waals surface area contributed by atoms with Gasteiger partial charge in [0.15, 0.2) is 5.82 Å². The molecule has 0 spiro atoms. The van der Waals surface area contributed by atoms with Crippen molar-refractivity contribution in [2.24, 2.45) is 5.41 Å². The minimum absolute atomic E-state index is 0.0536. The van der Waals surface area contributed by atoms with Gasteiger partial charge in [-0.15, -0.1) is 0 Å². The number of nitrogen functional groups attached to an aromatic ring is 1. The van der Waals surface area contributed by atoms with E-state index in [0.717, 1.165) is 11.1 Å². The second-order valence-electron chi connectivity index (χ2n) is 8.69. The van der Waals surface area contributed by atoms with E-state index in [1.165, 1.54) is 12.1 Å². The number of nitrogens with two attached hydrogens (primary N) is 1. The largest absolute Gasteiger partial charge is 0.395 e. The molecule has 6 heteroatoms. The SMILES string of the molecule is Cc1cc(N2CCc3cc(F)ccc3C2)c(F)c(N)c1NC(=O)CC(C)(C)C. The van der Waals surface area contributed by atoms with Crippen LogP contribution < -0.4 is 16.0 Å². The molecule has 28 heavy (non-hydrogen) atoms. The number of nitrogens with one attached hydrogen (secondary N) is 1.